The van der Waals surface area contributed by atoms with Gasteiger partial charge in [-0.1, -0.05) is 36.4 Å². The lowest BCUT2D eigenvalue weighted by atomic mass is 10.2. The van der Waals surface area contributed by atoms with Crippen LogP contribution in [0.3, 0.4) is 0 Å². The molecule has 0 unspecified atom stereocenters. The number of hydrogen-bond acceptors (Lipinski definition) is 3. The van der Waals surface area contributed by atoms with E-state index in [0.717, 1.165) is 16.8 Å². The molecule has 0 aliphatic heterocycles. The van der Waals surface area contributed by atoms with Crippen molar-refractivity contribution in [2.45, 2.75) is 19.5 Å². The molecule has 7 heteroatoms. The average Bonchev–Trinajstić information content (AvgIpc) is 3.35. The highest BCUT2D eigenvalue weighted by Crippen LogP contribution is 2.28. The summed E-state index contributed by atoms with van der Waals surface area (Å²) in [5, 5.41) is 5.69. The first kappa shape index (κ1) is 18.1. The van der Waals surface area contributed by atoms with E-state index in [2.05, 4.69) is 45.0 Å². The fourth-order valence-corrected chi connectivity index (χ4v) is 3.39. The Bertz CT molecular complexity index is 1060. The van der Waals surface area contributed by atoms with E-state index in [1.807, 2.05) is 36.4 Å². The third-order valence-electron chi connectivity index (χ3n) is 4.56. The summed E-state index contributed by atoms with van der Waals surface area (Å²) in [6.07, 6.45) is 1.93. The second-order valence-corrected chi connectivity index (χ2v) is 6.78. The third kappa shape index (κ3) is 3.84. The number of hydrogen-bond donors (Lipinski definition) is 3. The van der Waals surface area contributed by atoms with E-state index in [1.54, 1.807) is 6.26 Å². The van der Waals surface area contributed by atoms with Gasteiger partial charge in [0.2, 0.25) is 5.91 Å². The molecular formula is C21H20N4O2S. The molecule has 0 spiro atoms. The quantitative estimate of drug-likeness (QED) is 0.358. The number of thiocarbonyl (C=S) groups is 1. The summed E-state index contributed by atoms with van der Waals surface area (Å²) in [4.78, 5) is 12.3. The summed E-state index contributed by atoms with van der Waals surface area (Å²) in [6, 6.07) is 20.1. The van der Waals surface area contributed by atoms with Gasteiger partial charge in [-0.2, -0.15) is 0 Å². The molecular weight excluding hydrogens is 372 g/mol. The normalized spacial score (nSPS) is 10.9. The Balaban J connectivity index is 1.35. The van der Waals surface area contributed by atoms with Crippen LogP contribution in [0.2, 0.25) is 0 Å². The van der Waals surface area contributed by atoms with Gasteiger partial charge in [-0.15, -0.1) is 0 Å². The standard InChI is InChI=1S/C21H20N4O2S/c26-20(23-24-21(28)22-14-15-6-5-13-27-15)11-12-25-18-9-3-1-7-16(18)17-8-2-4-10-19(17)25/h1-10,13H,11-12,14H2,(H,23,26)(H2,22,24,28). The molecule has 0 saturated heterocycles. The van der Waals surface area contributed by atoms with Crippen molar-refractivity contribution in [3.05, 3.63) is 72.7 Å². The van der Waals surface area contributed by atoms with Gasteiger partial charge in [0.05, 0.1) is 12.8 Å². The van der Waals surface area contributed by atoms with Crippen LogP contribution < -0.4 is 16.2 Å². The van der Waals surface area contributed by atoms with Gasteiger partial charge in [-0.3, -0.25) is 15.6 Å². The van der Waals surface area contributed by atoms with Crippen molar-refractivity contribution in [1.29, 1.82) is 0 Å². The molecule has 2 aromatic carbocycles. The van der Waals surface area contributed by atoms with E-state index in [9.17, 15) is 4.79 Å². The van der Waals surface area contributed by atoms with Crippen molar-refractivity contribution in [1.82, 2.24) is 20.7 Å². The van der Waals surface area contributed by atoms with E-state index in [4.69, 9.17) is 16.6 Å². The van der Waals surface area contributed by atoms with Gasteiger partial charge in [0.25, 0.3) is 0 Å². The van der Waals surface area contributed by atoms with Crippen molar-refractivity contribution >= 4 is 45.0 Å². The number of amides is 1. The lowest BCUT2D eigenvalue weighted by Gasteiger charge is -2.12. The zero-order valence-corrected chi connectivity index (χ0v) is 16.0. The Morgan fingerprint density at radius 3 is 2.25 bits per heavy atom. The largest absolute Gasteiger partial charge is 0.467 e. The highest BCUT2D eigenvalue weighted by molar-refractivity contribution is 7.80. The number of carbonyl (C=O) groups is 1. The number of fused-ring (bicyclic) bond motifs is 3. The predicted molar refractivity (Wildman–Crippen MR) is 113 cm³/mol. The minimum Gasteiger partial charge on any atom is -0.467 e. The van der Waals surface area contributed by atoms with Crippen LogP contribution in [0.15, 0.2) is 71.3 Å². The molecule has 4 aromatic rings. The number of nitrogens with zero attached hydrogens (tertiary/aromatic N) is 1. The Kier molecular flexibility index (Phi) is 5.25. The third-order valence-corrected chi connectivity index (χ3v) is 4.81. The van der Waals surface area contributed by atoms with Gasteiger partial charge < -0.3 is 14.3 Å². The van der Waals surface area contributed by atoms with E-state index in [1.165, 1.54) is 10.8 Å². The molecule has 0 atom stereocenters. The molecule has 0 aliphatic rings. The topological polar surface area (TPSA) is 71.2 Å². The number of furan rings is 1. The summed E-state index contributed by atoms with van der Waals surface area (Å²) < 4.78 is 7.40. The monoisotopic (exact) mass is 392 g/mol. The van der Waals surface area contributed by atoms with Crippen LogP contribution >= 0.6 is 12.2 Å². The molecule has 28 heavy (non-hydrogen) atoms. The molecule has 4 rings (SSSR count). The Labute approximate surface area is 167 Å². The molecule has 0 radical (unpaired) electrons. The lowest BCUT2D eigenvalue weighted by Crippen LogP contribution is -2.46. The first-order chi connectivity index (χ1) is 13.7. The van der Waals surface area contributed by atoms with Gasteiger partial charge in [-0.05, 0) is 36.5 Å². The fourth-order valence-electron chi connectivity index (χ4n) is 3.27. The van der Waals surface area contributed by atoms with Crippen molar-refractivity contribution < 1.29 is 9.21 Å². The van der Waals surface area contributed by atoms with Crippen molar-refractivity contribution in [3.63, 3.8) is 0 Å². The van der Waals surface area contributed by atoms with Crippen LogP contribution in [0.5, 0.6) is 0 Å². The van der Waals surface area contributed by atoms with E-state index in [0.29, 0.717) is 24.6 Å². The molecule has 0 fully saturated rings. The summed E-state index contributed by atoms with van der Waals surface area (Å²) >= 11 is 5.15. The number of benzene rings is 2. The van der Waals surface area contributed by atoms with Gasteiger partial charge >= 0.3 is 0 Å². The first-order valence-corrected chi connectivity index (χ1v) is 9.44. The van der Waals surface area contributed by atoms with Gasteiger partial charge in [0, 0.05) is 34.8 Å². The average molecular weight is 392 g/mol. The fraction of sp³-hybridized carbons (Fsp3) is 0.143. The van der Waals surface area contributed by atoms with Crippen LogP contribution in [0.1, 0.15) is 12.2 Å². The number of aromatic nitrogens is 1. The molecule has 0 bridgehead atoms. The molecule has 2 aromatic heterocycles. The smallest absolute Gasteiger partial charge is 0.240 e. The summed E-state index contributed by atoms with van der Waals surface area (Å²) in [7, 11) is 0. The van der Waals surface area contributed by atoms with Crippen molar-refractivity contribution in [2.75, 3.05) is 0 Å². The van der Waals surface area contributed by atoms with Gasteiger partial charge in [-0.25, -0.2) is 0 Å². The Hall–Kier alpha value is -3.32. The number of carbonyl (C=O) groups excluding carboxylic acids is 1. The van der Waals surface area contributed by atoms with Crippen LogP contribution in [-0.4, -0.2) is 15.6 Å². The Morgan fingerprint density at radius 2 is 1.61 bits per heavy atom. The molecule has 3 N–H and O–H groups in total. The van der Waals surface area contributed by atoms with Crippen LogP contribution in [-0.2, 0) is 17.9 Å². The summed E-state index contributed by atoms with van der Waals surface area (Å²) in [5.41, 5.74) is 7.60. The highest BCUT2D eigenvalue weighted by Gasteiger charge is 2.11. The zero-order chi connectivity index (χ0) is 19.3. The van der Waals surface area contributed by atoms with Crippen LogP contribution in [0.25, 0.3) is 21.8 Å². The molecule has 142 valence electrons. The summed E-state index contributed by atoms with van der Waals surface area (Å²) in [6.45, 7) is 1.03. The molecule has 0 aliphatic carbocycles. The second-order valence-electron chi connectivity index (χ2n) is 6.37. The number of hydrazine groups is 1. The number of nitrogens with one attached hydrogen (secondary N) is 3. The SMILES string of the molecule is O=C(CCn1c2ccccc2c2ccccc21)NNC(=S)NCc1ccco1. The Morgan fingerprint density at radius 1 is 0.929 bits per heavy atom. The first-order valence-electron chi connectivity index (χ1n) is 9.03. The van der Waals surface area contributed by atoms with E-state index in [-0.39, 0.29) is 5.91 Å². The zero-order valence-electron chi connectivity index (χ0n) is 15.1. The summed E-state index contributed by atoms with van der Waals surface area (Å²) in [5.74, 6) is 0.630. The van der Waals surface area contributed by atoms with E-state index >= 15 is 0 Å². The number of rotatable bonds is 5. The molecule has 2 heterocycles. The predicted octanol–water partition coefficient (Wildman–Crippen LogP) is 3.47. The minimum absolute atomic E-state index is 0.135. The van der Waals surface area contributed by atoms with E-state index < -0.39 is 0 Å². The lowest BCUT2D eigenvalue weighted by molar-refractivity contribution is -0.121. The second kappa shape index (κ2) is 8.14. The van der Waals surface area contributed by atoms with Gasteiger partial charge in [0.1, 0.15) is 5.76 Å². The number of aryl methyl sites for hydroxylation is 1. The van der Waals surface area contributed by atoms with Crippen molar-refractivity contribution in [2.24, 2.45) is 0 Å². The molecule has 0 saturated carbocycles. The number of para-hydroxylation sites is 2. The molecule has 6 nitrogen and oxygen atoms in total. The maximum Gasteiger partial charge on any atom is 0.240 e. The maximum atomic E-state index is 12.3. The minimum atomic E-state index is -0.135. The molecule has 1 amide bonds. The van der Waals surface area contributed by atoms with Gasteiger partial charge in [0.15, 0.2) is 5.11 Å². The highest BCUT2D eigenvalue weighted by atomic mass is 32.1. The van der Waals surface area contributed by atoms with Crippen LogP contribution in [0, 0.1) is 0 Å². The maximum absolute atomic E-state index is 12.3. The van der Waals surface area contributed by atoms with Crippen molar-refractivity contribution in [3.8, 4) is 0 Å². The van der Waals surface area contributed by atoms with Crippen LogP contribution in [0.4, 0.5) is 0 Å².